The van der Waals surface area contributed by atoms with E-state index in [9.17, 15) is 4.39 Å². The number of nitrogens with one attached hydrogen (secondary N) is 1. The van der Waals surface area contributed by atoms with Gasteiger partial charge in [-0.1, -0.05) is 23.2 Å². The summed E-state index contributed by atoms with van der Waals surface area (Å²) in [5.74, 6) is -0.455. The van der Waals surface area contributed by atoms with Crippen molar-refractivity contribution in [2.24, 2.45) is 0 Å². The lowest BCUT2D eigenvalue weighted by atomic mass is 10.2. The molecule has 0 aliphatic heterocycles. The Bertz CT molecular complexity index is 801. The van der Waals surface area contributed by atoms with Crippen molar-refractivity contribution < 1.29 is 4.39 Å². The van der Waals surface area contributed by atoms with Crippen LogP contribution in [0.15, 0.2) is 36.4 Å². The van der Waals surface area contributed by atoms with Crippen LogP contribution < -0.4 is 11.1 Å². The lowest BCUT2D eigenvalue weighted by Crippen LogP contribution is -1.93. The Kier molecular flexibility index (Phi) is 3.46. The van der Waals surface area contributed by atoms with Gasteiger partial charge in [-0.25, -0.2) is 4.39 Å². The zero-order chi connectivity index (χ0) is 14.3. The van der Waals surface area contributed by atoms with E-state index in [0.29, 0.717) is 15.7 Å². The zero-order valence-corrected chi connectivity index (χ0v) is 12.4. The summed E-state index contributed by atoms with van der Waals surface area (Å²) in [6.07, 6.45) is 0. The summed E-state index contributed by atoms with van der Waals surface area (Å²) in [4.78, 5) is 0. The van der Waals surface area contributed by atoms with Crippen LogP contribution in [0.3, 0.4) is 0 Å². The van der Waals surface area contributed by atoms with Gasteiger partial charge in [0.05, 0.1) is 10.7 Å². The smallest absolute Gasteiger partial charge is 0.141 e. The number of benzene rings is 2. The summed E-state index contributed by atoms with van der Waals surface area (Å²) in [6.45, 7) is 0. The topological polar surface area (TPSA) is 38.0 Å². The van der Waals surface area contributed by atoms with E-state index in [-0.39, 0.29) is 5.02 Å². The van der Waals surface area contributed by atoms with Crippen molar-refractivity contribution in [1.29, 1.82) is 0 Å². The van der Waals surface area contributed by atoms with E-state index < -0.39 is 5.82 Å². The molecule has 1 aromatic heterocycles. The molecule has 3 rings (SSSR count). The number of fused-ring (bicyclic) bond motifs is 1. The van der Waals surface area contributed by atoms with Gasteiger partial charge in [0.2, 0.25) is 0 Å². The monoisotopic (exact) mass is 326 g/mol. The number of nitrogens with two attached hydrogens (primary N) is 1. The van der Waals surface area contributed by atoms with Gasteiger partial charge in [0.15, 0.2) is 0 Å². The minimum Gasteiger partial charge on any atom is -0.389 e. The third kappa shape index (κ3) is 2.42. The minimum absolute atomic E-state index is 0.0612. The first-order valence-corrected chi connectivity index (χ1v) is 7.31. The molecule has 6 heteroatoms. The highest BCUT2D eigenvalue weighted by atomic mass is 35.5. The summed E-state index contributed by atoms with van der Waals surface area (Å²) in [6, 6.07) is 10.0. The standard InChI is InChI=1S/C14H9Cl2FN2S/c15-7-1-4-12-9(5-7)13(14(18)20-12)19-8-2-3-11(17)10(16)6-8/h1-6,19H,18H2. The van der Waals surface area contributed by atoms with Crippen LogP contribution in [0.4, 0.5) is 20.8 Å². The molecule has 0 amide bonds. The molecule has 0 spiro atoms. The quantitative estimate of drug-likeness (QED) is 0.636. The highest BCUT2D eigenvalue weighted by molar-refractivity contribution is 7.23. The second-order valence-corrected chi connectivity index (χ2v) is 6.16. The van der Waals surface area contributed by atoms with Gasteiger partial charge in [0.25, 0.3) is 0 Å². The van der Waals surface area contributed by atoms with E-state index in [0.717, 1.165) is 15.8 Å². The molecule has 2 nitrogen and oxygen atoms in total. The van der Waals surface area contributed by atoms with Crippen LogP contribution in [-0.4, -0.2) is 0 Å². The Morgan fingerprint density at radius 2 is 1.90 bits per heavy atom. The summed E-state index contributed by atoms with van der Waals surface area (Å²) in [5, 5.41) is 5.43. The molecule has 0 aliphatic carbocycles. The molecule has 0 saturated heterocycles. The number of rotatable bonds is 2. The molecule has 0 atom stereocenters. The highest BCUT2D eigenvalue weighted by Gasteiger charge is 2.11. The number of halogens is 3. The van der Waals surface area contributed by atoms with Crippen LogP contribution in [0.5, 0.6) is 0 Å². The Hall–Kier alpha value is -1.49. The number of thiophene rings is 1. The average Bonchev–Trinajstić information content (AvgIpc) is 2.70. The first-order chi connectivity index (χ1) is 9.54. The van der Waals surface area contributed by atoms with Gasteiger partial charge in [0, 0.05) is 20.8 Å². The summed E-state index contributed by atoms with van der Waals surface area (Å²) in [7, 11) is 0. The van der Waals surface area contributed by atoms with Crippen LogP contribution in [0.25, 0.3) is 10.1 Å². The van der Waals surface area contributed by atoms with Crippen LogP contribution in [0.1, 0.15) is 0 Å². The average molecular weight is 327 g/mol. The van der Waals surface area contributed by atoms with E-state index in [1.165, 1.54) is 23.5 Å². The fourth-order valence-electron chi connectivity index (χ4n) is 1.94. The number of nitrogen functional groups attached to an aromatic ring is 1. The maximum absolute atomic E-state index is 13.2. The second-order valence-electron chi connectivity index (χ2n) is 4.24. The maximum atomic E-state index is 13.2. The first-order valence-electron chi connectivity index (χ1n) is 5.74. The summed E-state index contributed by atoms with van der Waals surface area (Å²) >= 11 is 13.3. The summed E-state index contributed by atoms with van der Waals surface area (Å²) in [5.41, 5.74) is 7.45. The molecule has 102 valence electrons. The molecule has 20 heavy (non-hydrogen) atoms. The van der Waals surface area contributed by atoms with Gasteiger partial charge in [-0.05, 0) is 36.4 Å². The lowest BCUT2D eigenvalue weighted by molar-refractivity contribution is 0.628. The molecule has 0 unspecified atom stereocenters. The number of hydrogen-bond acceptors (Lipinski definition) is 3. The van der Waals surface area contributed by atoms with Crippen LogP contribution in [-0.2, 0) is 0 Å². The molecule has 0 aliphatic rings. The van der Waals surface area contributed by atoms with Crippen molar-refractivity contribution in [1.82, 2.24) is 0 Å². The normalized spacial score (nSPS) is 10.9. The lowest BCUT2D eigenvalue weighted by Gasteiger charge is -2.07. The van der Waals surface area contributed by atoms with Crippen molar-refractivity contribution in [2.45, 2.75) is 0 Å². The van der Waals surface area contributed by atoms with Gasteiger partial charge in [-0.3, -0.25) is 0 Å². The van der Waals surface area contributed by atoms with E-state index in [1.807, 2.05) is 18.2 Å². The number of hydrogen-bond donors (Lipinski definition) is 2. The Morgan fingerprint density at radius 3 is 2.65 bits per heavy atom. The number of anilines is 3. The van der Waals surface area contributed by atoms with E-state index in [1.54, 1.807) is 6.07 Å². The Labute approximate surface area is 128 Å². The summed E-state index contributed by atoms with van der Waals surface area (Å²) < 4.78 is 14.2. The van der Waals surface area contributed by atoms with Crippen molar-refractivity contribution in [3.05, 3.63) is 52.3 Å². The van der Waals surface area contributed by atoms with Crippen LogP contribution in [0, 0.1) is 5.82 Å². The molecule has 0 radical (unpaired) electrons. The molecule has 0 bridgehead atoms. The molecule has 1 heterocycles. The molecule has 0 saturated carbocycles. The van der Waals surface area contributed by atoms with Gasteiger partial charge in [-0.2, -0.15) is 0 Å². The van der Waals surface area contributed by atoms with E-state index in [4.69, 9.17) is 28.9 Å². The van der Waals surface area contributed by atoms with Crippen molar-refractivity contribution in [3.8, 4) is 0 Å². The van der Waals surface area contributed by atoms with Crippen molar-refractivity contribution in [3.63, 3.8) is 0 Å². The fourth-order valence-corrected chi connectivity index (χ4v) is 3.20. The van der Waals surface area contributed by atoms with Crippen LogP contribution >= 0.6 is 34.5 Å². The van der Waals surface area contributed by atoms with E-state index in [2.05, 4.69) is 5.32 Å². The predicted octanol–water partition coefficient (Wildman–Crippen LogP) is 5.67. The largest absolute Gasteiger partial charge is 0.389 e. The minimum atomic E-state index is -0.455. The molecule has 2 aromatic carbocycles. The third-order valence-corrected chi connectivity index (χ3v) is 4.39. The van der Waals surface area contributed by atoms with Crippen molar-refractivity contribution in [2.75, 3.05) is 11.1 Å². The molecular formula is C14H9Cl2FN2S. The van der Waals surface area contributed by atoms with E-state index >= 15 is 0 Å². The predicted molar refractivity (Wildman–Crippen MR) is 85.9 cm³/mol. The van der Waals surface area contributed by atoms with Crippen LogP contribution in [0.2, 0.25) is 10.0 Å². The van der Waals surface area contributed by atoms with Gasteiger partial charge >= 0.3 is 0 Å². The van der Waals surface area contributed by atoms with Crippen molar-refractivity contribution >= 4 is 61.0 Å². The first kappa shape index (κ1) is 13.5. The third-order valence-electron chi connectivity index (χ3n) is 2.87. The van der Waals surface area contributed by atoms with Gasteiger partial charge in [-0.15, -0.1) is 11.3 Å². The maximum Gasteiger partial charge on any atom is 0.141 e. The Balaban J connectivity index is 2.07. The highest BCUT2D eigenvalue weighted by Crippen LogP contribution is 2.41. The van der Waals surface area contributed by atoms with Gasteiger partial charge in [0.1, 0.15) is 10.8 Å². The SMILES string of the molecule is Nc1sc2ccc(Cl)cc2c1Nc1ccc(F)c(Cl)c1. The Morgan fingerprint density at radius 1 is 1.10 bits per heavy atom. The second kappa shape index (κ2) is 5.13. The van der Waals surface area contributed by atoms with Gasteiger partial charge < -0.3 is 11.1 Å². The fraction of sp³-hybridized carbons (Fsp3) is 0. The molecule has 3 N–H and O–H groups in total. The zero-order valence-electron chi connectivity index (χ0n) is 10.1. The molecule has 0 fully saturated rings. The molecular weight excluding hydrogens is 318 g/mol. The molecule has 3 aromatic rings.